The minimum atomic E-state index is 0.475. The molecule has 0 aliphatic heterocycles. The van der Waals surface area contributed by atoms with Gasteiger partial charge in [0, 0.05) is 10.9 Å². The maximum atomic E-state index is 5.45. The summed E-state index contributed by atoms with van der Waals surface area (Å²) in [5.74, 6) is 7.53. The van der Waals surface area contributed by atoms with Crippen molar-refractivity contribution in [3.8, 4) is 0 Å². The van der Waals surface area contributed by atoms with Crippen LogP contribution in [0.1, 0.15) is 31.1 Å². The number of nitrogens with two attached hydrogens (primary N) is 1. The van der Waals surface area contributed by atoms with Crippen molar-refractivity contribution in [3.63, 3.8) is 0 Å². The third kappa shape index (κ3) is 2.37. The first-order valence-electron chi connectivity index (χ1n) is 6.68. The molecule has 0 bridgehead atoms. The van der Waals surface area contributed by atoms with Gasteiger partial charge in [-0.15, -0.1) is 11.3 Å². The number of fused-ring (bicyclic) bond motifs is 1. The molecular formula is C13H19N5S. The molecule has 0 saturated heterocycles. The fraction of sp³-hybridized carbons (Fsp3) is 0.538. The second-order valence-corrected chi connectivity index (χ2v) is 6.51. The number of rotatable bonds is 3. The smallest absolute Gasteiger partial charge is 0.240 e. The molecule has 5 nitrogen and oxygen atoms in total. The number of aromatic nitrogens is 2. The number of aryl methyl sites for hydroxylation is 1. The van der Waals surface area contributed by atoms with Crippen LogP contribution in [-0.2, 0) is 0 Å². The van der Waals surface area contributed by atoms with Crippen LogP contribution in [0.3, 0.4) is 0 Å². The van der Waals surface area contributed by atoms with Crippen molar-refractivity contribution in [3.05, 3.63) is 10.9 Å². The molecule has 0 amide bonds. The minimum Gasteiger partial charge on any atom is -0.366 e. The van der Waals surface area contributed by atoms with Gasteiger partial charge in [0.2, 0.25) is 5.95 Å². The van der Waals surface area contributed by atoms with E-state index in [9.17, 15) is 0 Å². The van der Waals surface area contributed by atoms with E-state index in [0.29, 0.717) is 17.9 Å². The molecule has 0 radical (unpaired) electrons. The lowest BCUT2D eigenvalue weighted by Gasteiger charge is -2.18. The van der Waals surface area contributed by atoms with E-state index < -0.39 is 0 Å². The van der Waals surface area contributed by atoms with Crippen molar-refractivity contribution in [2.75, 3.05) is 10.7 Å². The molecule has 6 heteroatoms. The van der Waals surface area contributed by atoms with Crippen LogP contribution < -0.4 is 16.6 Å². The summed E-state index contributed by atoms with van der Waals surface area (Å²) in [5.41, 5.74) is 2.55. The lowest BCUT2D eigenvalue weighted by atomic mass is 10.1. The first kappa shape index (κ1) is 12.6. The molecule has 2 aromatic rings. The van der Waals surface area contributed by atoms with Crippen molar-refractivity contribution >= 4 is 33.3 Å². The van der Waals surface area contributed by atoms with E-state index in [0.717, 1.165) is 16.0 Å². The summed E-state index contributed by atoms with van der Waals surface area (Å²) in [6, 6.07) is 2.64. The molecule has 2 atom stereocenters. The van der Waals surface area contributed by atoms with Crippen molar-refractivity contribution < 1.29 is 0 Å². The predicted octanol–water partition coefficient (Wildman–Crippen LogP) is 2.89. The zero-order valence-corrected chi connectivity index (χ0v) is 12.0. The van der Waals surface area contributed by atoms with Crippen LogP contribution in [0.5, 0.6) is 0 Å². The highest BCUT2D eigenvalue weighted by Gasteiger charge is 2.24. The van der Waals surface area contributed by atoms with Gasteiger partial charge in [-0.1, -0.05) is 13.3 Å². The fourth-order valence-corrected chi connectivity index (χ4v) is 3.63. The van der Waals surface area contributed by atoms with Crippen LogP contribution in [0.4, 0.5) is 11.8 Å². The van der Waals surface area contributed by atoms with Gasteiger partial charge in [0.1, 0.15) is 10.6 Å². The summed E-state index contributed by atoms with van der Waals surface area (Å²) >= 11 is 1.67. The van der Waals surface area contributed by atoms with Crippen LogP contribution in [-0.4, -0.2) is 16.0 Å². The monoisotopic (exact) mass is 277 g/mol. The maximum Gasteiger partial charge on any atom is 0.240 e. The summed E-state index contributed by atoms with van der Waals surface area (Å²) in [4.78, 5) is 11.1. The summed E-state index contributed by atoms with van der Waals surface area (Å²) in [6.45, 7) is 4.38. The van der Waals surface area contributed by atoms with E-state index >= 15 is 0 Å². The molecule has 0 aromatic carbocycles. The molecule has 4 N–H and O–H groups in total. The number of anilines is 2. The number of nitrogens with one attached hydrogen (secondary N) is 2. The SMILES string of the molecule is Cc1cc2c(NC3CCCC3C)nc(NN)nc2s1. The highest BCUT2D eigenvalue weighted by Crippen LogP contribution is 2.33. The van der Waals surface area contributed by atoms with Crippen LogP contribution in [0.2, 0.25) is 0 Å². The van der Waals surface area contributed by atoms with E-state index in [4.69, 9.17) is 5.84 Å². The van der Waals surface area contributed by atoms with Gasteiger partial charge in [-0.25, -0.2) is 10.8 Å². The highest BCUT2D eigenvalue weighted by atomic mass is 32.1. The van der Waals surface area contributed by atoms with Crippen molar-refractivity contribution in [2.24, 2.45) is 11.8 Å². The molecule has 1 aliphatic rings. The van der Waals surface area contributed by atoms with Crippen LogP contribution in [0.25, 0.3) is 10.2 Å². The number of thiophene rings is 1. The molecule has 2 aromatic heterocycles. The lowest BCUT2D eigenvalue weighted by Crippen LogP contribution is -2.23. The van der Waals surface area contributed by atoms with Gasteiger partial charge in [0.05, 0.1) is 5.39 Å². The number of nitrogens with zero attached hydrogens (tertiary/aromatic N) is 2. The normalized spacial score (nSPS) is 22.9. The Morgan fingerprint density at radius 1 is 1.37 bits per heavy atom. The van der Waals surface area contributed by atoms with Gasteiger partial charge >= 0.3 is 0 Å². The van der Waals surface area contributed by atoms with E-state index in [1.807, 2.05) is 0 Å². The Morgan fingerprint density at radius 3 is 2.89 bits per heavy atom. The van der Waals surface area contributed by atoms with Crippen molar-refractivity contribution in [2.45, 2.75) is 39.2 Å². The Labute approximate surface area is 116 Å². The van der Waals surface area contributed by atoms with Gasteiger partial charge in [-0.2, -0.15) is 4.98 Å². The van der Waals surface area contributed by atoms with Gasteiger partial charge < -0.3 is 5.32 Å². The molecule has 3 rings (SSSR count). The molecule has 1 fully saturated rings. The standard InChI is InChI=1S/C13H19N5S/c1-7-4-3-5-10(7)15-11-9-6-8(2)19-12(9)17-13(16-11)18-14/h6-7,10H,3-5,14H2,1-2H3,(H2,15,16,17,18). The quantitative estimate of drug-likeness (QED) is 0.594. The van der Waals surface area contributed by atoms with Crippen LogP contribution in [0, 0.1) is 12.8 Å². The molecular weight excluding hydrogens is 258 g/mol. The molecule has 2 heterocycles. The Hall–Kier alpha value is -1.40. The van der Waals surface area contributed by atoms with E-state index in [1.54, 1.807) is 11.3 Å². The van der Waals surface area contributed by atoms with Crippen LogP contribution >= 0.6 is 11.3 Å². The Kier molecular flexibility index (Phi) is 3.28. The lowest BCUT2D eigenvalue weighted by molar-refractivity contribution is 0.555. The Balaban J connectivity index is 2.00. The second kappa shape index (κ2) is 4.94. The molecule has 2 unspecified atom stereocenters. The van der Waals surface area contributed by atoms with E-state index in [-0.39, 0.29) is 0 Å². The van der Waals surface area contributed by atoms with Gasteiger partial charge in [-0.05, 0) is 31.7 Å². The molecule has 102 valence electrons. The molecule has 0 spiro atoms. The topological polar surface area (TPSA) is 75.9 Å². The predicted molar refractivity (Wildman–Crippen MR) is 80.4 cm³/mol. The van der Waals surface area contributed by atoms with E-state index in [2.05, 4.69) is 40.6 Å². The number of hydrogen-bond acceptors (Lipinski definition) is 6. The average Bonchev–Trinajstić information content (AvgIpc) is 2.95. The summed E-state index contributed by atoms with van der Waals surface area (Å²) in [6.07, 6.45) is 3.79. The first-order valence-corrected chi connectivity index (χ1v) is 7.50. The number of hydrogen-bond donors (Lipinski definition) is 3. The number of hydrazine groups is 1. The molecule has 1 saturated carbocycles. The van der Waals surface area contributed by atoms with Crippen molar-refractivity contribution in [1.29, 1.82) is 0 Å². The maximum absolute atomic E-state index is 5.45. The number of nitrogen functional groups attached to an aromatic ring is 1. The minimum absolute atomic E-state index is 0.475. The molecule has 1 aliphatic carbocycles. The van der Waals surface area contributed by atoms with Gasteiger partial charge in [0.15, 0.2) is 0 Å². The summed E-state index contributed by atoms with van der Waals surface area (Å²) in [5, 5.41) is 4.68. The second-order valence-electron chi connectivity index (χ2n) is 5.28. The van der Waals surface area contributed by atoms with Gasteiger partial charge in [0.25, 0.3) is 0 Å². The van der Waals surface area contributed by atoms with Gasteiger partial charge in [-0.3, -0.25) is 5.43 Å². The Morgan fingerprint density at radius 2 is 2.21 bits per heavy atom. The third-order valence-electron chi connectivity index (χ3n) is 3.83. The van der Waals surface area contributed by atoms with Crippen LogP contribution in [0.15, 0.2) is 6.07 Å². The Bertz CT molecular complexity index is 594. The summed E-state index contributed by atoms with van der Waals surface area (Å²) in [7, 11) is 0. The zero-order valence-electron chi connectivity index (χ0n) is 11.2. The fourth-order valence-electron chi connectivity index (χ4n) is 2.75. The zero-order chi connectivity index (χ0) is 13.4. The summed E-state index contributed by atoms with van der Waals surface area (Å²) < 4.78 is 0. The first-order chi connectivity index (χ1) is 9.17. The van der Waals surface area contributed by atoms with E-state index in [1.165, 1.54) is 24.1 Å². The average molecular weight is 277 g/mol. The van der Waals surface area contributed by atoms with Crippen molar-refractivity contribution in [1.82, 2.24) is 9.97 Å². The molecule has 19 heavy (non-hydrogen) atoms. The highest BCUT2D eigenvalue weighted by molar-refractivity contribution is 7.18. The third-order valence-corrected chi connectivity index (χ3v) is 4.77. The largest absolute Gasteiger partial charge is 0.366 e.